The van der Waals surface area contributed by atoms with Gasteiger partial charge in [-0.15, -0.1) is 0 Å². The van der Waals surface area contributed by atoms with Crippen molar-refractivity contribution in [3.8, 4) is 0 Å². The maximum absolute atomic E-state index is 13.3. The monoisotopic (exact) mass is 391 g/mol. The van der Waals surface area contributed by atoms with Crippen molar-refractivity contribution in [2.75, 3.05) is 5.32 Å². The van der Waals surface area contributed by atoms with Crippen molar-refractivity contribution in [1.29, 1.82) is 0 Å². The van der Waals surface area contributed by atoms with Gasteiger partial charge in [0, 0.05) is 11.0 Å². The summed E-state index contributed by atoms with van der Waals surface area (Å²) in [4.78, 5) is 0. The summed E-state index contributed by atoms with van der Waals surface area (Å²) in [6, 6.07) is 10.6. The van der Waals surface area contributed by atoms with Crippen LogP contribution in [-0.2, 0) is 6.54 Å². The van der Waals surface area contributed by atoms with Gasteiger partial charge in [0.1, 0.15) is 5.82 Å². The number of anilines is 1. The number of benzene rings is 2. The second-order valence-electron chi connectivity index (χ2n) is 3.73. The Bertz CT molecular complexity index is 575. The topological polar surface area (TPSA) is 12.0 Å². The summed E-state index contributed by atoms with van der Waals surface area (Å²) in [6.45, 7) is 0.514. The molecule has 2 aromatic carbocycles. The third-order valence-electron chi connectivity index (χ3n) is 2.40. The van der Waals surface area contributed by atoms with E-state index < -0.39 is 0 Å². The van der Waals surface area contributed by atoms with Gasteiger partial charge in [0.15, 0.2) is 0 Å². The molecule has 0 saturated heterocycles. The molecule has 0 fully saturated rings. The predicted octanol–water partition coefficient (Wildman–Crippen LogP) is 5.62. The molecule has 18 heavy (non-hydrogen) atoms. The summed E-state index contributed by atoms with van der Waals surface area (Å²) in [5.41, 5.74) is 1.67. The lowest BCUT2D eigenvalue weighted by atomic mass is 10.2. The van der Waals surface area contributed by atoms with E-state index in [2.05, 4.69) is 37.2 Å². The van der Waals surface area contributed by atoms with Gasteiger partial charge in [-0.1, -0.05) is 33.6 Å². The van der Waals surface area contributed by atoms with Gasteiger partial charge in [-0.25, -0.2) is 4.39 Å². The highest BCUT2D eigenvalue weighted by molar-refractivity contribution is 9.10. The van der Waals surface area contributed by atoms with Gasteiger partial charge in [-0.3, -0.25) is 0 Å². The van der Waals surface area contributed by atoms with Crippen molar-refractivity contribution >= 4 is 49.1 Å². The average molecular weight is 393 g/mol. The zero-order valence-electron chi connectivity index (χ0n) is 9.18. The van der Waals surface area contributed by atoms with Crippen LogP contribution in [0, 0.1) is 5.82 Å². The number of hydrogen-bond acceptors (Lipinski definition) is 1. The van der Waals surface area contributed by atoms with Crippen molar-refractivity contribution in [1.82, 2.24) is 0 Å². The van der Waals surface area contributed by atoms with E-state index in [0.717, 1.165) is 15.7 Å². The van der Waals surface area contributed by atoms with E-state index >= 15 is 0 Å². The average Bonchev–Trinajstić information content (AvgIpc) is 2.34. The number of halogens is 4. The molecule has 2 rings (SSSR count). The number of rotatable bonds is 3. The van der Waals surface area contributed by atoms with Crippen molar-refractivity contribution in [2.24, 2.45) is 0 Å². The van der Waals surface area contributed by atoms with E-state index in [1.165, 1.54) is 6.07 Å². The molecule has 5 heteroatoms. The highest BCUT2D eigenvalue weighted by atomic mass is 79.9. The summed E-state index contributed by atoms with van der Waals surface area (Å²) in [5, 5.41) is 3.81. The van der Waals surface area contributed by atoms with Crippen LogP contribution < -0.4 is 5.32 Å². The molecule has 0 aliphatic heterocycles. The fraction of sp³-hybridized carbons (Fsp3) is 0.0769. The summed E-state index contributed by atoms with van der Waals surface area (Å²) < 4.78 is 14.7. The van der Waals surface area contributed by atoms with E-state index in [0.29, 0.717) is 16.0 Å². The van der Waals surface area contributed by atoms with Crippen molar-refractivity contribution < 1.29 is 4.39 Å². The van der Waals surface area contributed by atoms with Gasteiger partial charge < -0.3 is 5.32 Å². The Kier molecular flexibility index (Phi) is 4.65. The Balaban J connectivity index is 2.11. The summed E-state index contributed by atoms with van der Waals surface area (Å²) in [7, 11) is 0. The van der Waals surface area contributed by atoms with Crippen LogP contribution in [-0.4, -0.2) is 0 Å². The lowest BCUT2D eigenvalue weighted by Gasteiger charge is -2.09. The fourth-order valence-corrected chi connectivity index (χ4v) is 2.27. The van der Waals surface area contributed by atoms with Crippen LogP contribution in [0.25, 0.3) is 0 Å². The maximum atomic E-state index is 13.3. The quantitative estimate of drug-likeness (QED) is 0.714. The molecule has 0 heterocycles. The zero-order chi connectivity index (χ0) is 13.1. The first-order chi connectivity index (χ1) is 8.56. The number of nitrogens with one attached hydrogen (secondary N) is 1. The third kappa shape index (κ3) is 3.46. The molecular weight excluding hydrogens is 384 g/mol. The minimum absolute atomic E-state index is 0.269. The summed E-state index contributed by atoms with van der Waals surface area (Å²) in [6.07, 6.45) is 0. The first kappa shape index (κ1) is 13.8. The molecule has 0 atom stereocenters. The van der Waals surface area contributed by atoms with Crippen molar-refractivity contribution in [3.05, 3.63) is 61.7 Å². The normalized spacial score (nSPS) is 10.4. The summed E-state index contributed by atoms with van der Waals surface area (Å²) in [5.74, 6) is -0.269. The maximum Gasteiger partial charge on any atom is 0.137 e. The molecule has 0 spiro atoms. The minimum atomic E-state index is -0.269. The van der Waals surface area contributed by atoms with E-state index in [9.17, 15) is 4.39 Å². The highest BCUT2D eigenvalue weighted by Crippen LogP contribution is 2.26. The van der Waals surface area contributed by atoms with Crippen LogP contribution in [0.3, 0.4) is 0 Å². The van der Waals surface area contributed by atoms with E-state index in [-0.39, 0.29) is 5.82 Å². The lowest BCUT2D eigenvalue weighted by Crippen LogP contribution is -2.00. The van der Waals surface area contributed by atoms with E-state index in [4.69, 9.17) is 11.6 Å². The van der Waals surface area contributed by atoms with Crippen LogP contribution in [0.4, 0.5) is 10.1 Å². The van der Waals surface area contributed by atoms with Gasteiger partial charge in [-0.2, -0.15) is 0 Å². The lowest BCUT2D eigenvalue weighted by molar-refractivity contribution is 0.619. The van der Waals surface area contributed by atoms with E-state index in [1.807, 2.05) is 18.2 Å². The predicted molar refractivity (Wildman–Crippen MR) is 80.6 cm³/mol. The standard InChI is InChI=1S/C13H9Br2ClFN/c14-9-2-4-11(16)13(6-9)18-7-8-1-3-10(15)12(17)5-8/h1-6,18H,7H2. The molecule has 1 nitrogen and oxygen atoms in total. The first-order valence-corrected chi connectivity index (χ1v) is 7.15. The molecule has 2 aromatic rings. The molecular formula is C13H9Br2ClFN. The smallest absolute Gasteiger partial charge is 0.137 e. The van der Waals surface area contributed by atoms with Crippen LogP contribution in [0.2, 0.25) is 5.02 Å². The van der Waals surface area contributed by atoms with Gasteiger partial charge in [0.25, 0.3) is 0 Å². The number of hydrogen-bond donors (Lipinski definition) is 1. The Morgan fingerprint density at radius 2 is 1.89 bits per heavy atom. The molecule has 94 valence electrons. The molecule has 0 unspecified atom stereocenters. The van der Waals surface area contributed by atoms with Gasteiger partial charge in [-0.05, 0) is 51.8 Å². The second kappa shape index (κ2) is 6.04. The molecule has 0 aliphatic rings. The van der Waals surface area contributed by atoms with Crippen LogP contribution in [0.1, 0.15) is 5.56 Å². The Hall–Kier alpha value is -0.580. The van der Waals surface area contributed by atoms with Crippen LogP contribution >= 0.6 is 43.5 Å². The summed E-state index contributed by atoms with van der Waals surface area (Å²) >= 11 is 12.6. The van der Waals surface area contributed by atoms with Crippen molar-refractivity contribution in [3.63, 3.8) is 0 Å². The van der Waals surface area contributed by atoms with Gasteiger partial charge in [0.2, 0.25) is 0 Å². The Morgan fingerprint density at radius 3 is 2.61 bits per heavy atom. The molecule has 0 aliphatic carbocycles. The Morgan fingerprint density at radius 1 is 1.11 bits per heavy atom. The minimum Gasteiger partial charge on any atom is -0.380 e. The molecule has 0 amide bonds. The second-order valence-corrected chi connectivity index (χ2v) is 5.90. The van der Waals surface area contributed by atoms with E-state index in [1.54, 1.807) is 12.1 Å². The van der Waals surface area contributed by atoms with Crippen LogP contribution in [0.15, 0.2) is 45.3 Å². The van der Waals surface area contributed by atoms with Crippen LogP contribution in [0.5, 0.6) is 0 Å². The molecule has 0 aromatic heterocycles. The highest BCUT2D eigenvalue weighted by Gasteiger charge is 2.03. The molecule has 0 bridgehead atoms. The zero-order valence-corrected chi connectivity index (χ0v) is 13.1. The largest absolute Gasteiger partial charge is 0.380 e. The SMILES string of the molecule is Fc1cc(CNc2cc(Br)ccc2Cl)ccc1Br. The third-order valence-corrected chi connectivity index (χ3v) is 3.86. The fourth-order valence-electron chi connectivity index (χ4n) is 1.48. The van der Waals surface area contributed by atoms with Crippen molar-refractivity contribution in [2.45, 2.75) is 6.54 Å². The molecule has 0 saturated carbocycles. The Labute approximate surface area is 127 Å². The van der Waals surface area contributed by atoms with Gasteiger partial charge in [0.05, 0.1) is 15.2 Å². The van der Waals surface area contributed by atoms with Gasteiger partial charge >= 0.3 is 0 Å². The molecule has 1 N–H and O–H groups in total. The molecule has 0 radical (unpaired) electrons. The first-order valence-electron chi connectivity index (χ1n) is 5.19.